The highest BCUT2D eigenvalue weighted by molar-refractivity contribution is 7.88. The highest BCUT2D eigenvalue weighted by Gasteiger charge is 2.40. The van der Waals surface area contributed by atoms with Crippen LogP contribution in [0.25, 0.3) is 0 Å². The maximum atomic E-state index is 12.6. The second kappa shape index (κ2) is 8.58. The Morgan fingerprint density at radius 3 is 2.18 bits per heavy atom. The standard InChI is InChI=1S/C20H39N3O4S/c1-19(2,3)17-7-9-20(25,10-8-17)15-22-11-12-23(28(6,26)27)14-16(13-22)18(24)21(4)5/h16-17,25H,7-15H2,1-6H3. The van der Waals surface area contributed by atoms with Crippen molar-refractivity contribution in [2.75, 3.05) is 53.1 Å². The predicted molar refractivity (Wildman–Crippen MR) is 111 cm³/mol. The van der Waals surface area contributed by atoms with Crippen molar-refractivity contribution in [2.45, 2.75) is 52.1 Å². The summed E-state index contributed by atoms with van der Waals surface area (Å²) in [6.07, 6.45) is 4.72. The lowest BCUT2D eigenvalue weighted by atomic mass is 9.68. The molecule has 1 unspecified atom stereocenters. The number of amides is 1. The van der Waals surface area contributed by atoms with Gasteiger partial charge in [-0.3, -0.25) is 9.69 Å². The Balaban J connectivity index is 2.09. The van der Waals surface area contributed by atoms with Crippen LogP contribution >= 0.6 is 0 Å². The zero-order valence-corrected chi connectivity index (χ0v) is 19.3. The molecule has 8 heteroatoms. The zero-order valence-electron chi connectivity index (χ0n) is 18.4. The Hall–Kier alpha value is -0.700. The van der Waals surface area contributed by atoms with Gasteiger partial charge < -0.3 is 10.0 Å². The first-order valence-corrected chi connectivity index (χ1v) is 12.2. The molecule has 1 amide bonds. The first kappa shape index (κ1) is 23.6. The van der Waals surface area contributed by atoms with Crippen molar-refractivity contribution < 1.29 is 18.3 Å². The van der Waals surface area contributed by atoms with E-state index in [4.69, 9.17) is 0 Å². The quantitative estimate of drug-likeness (QED) is 0.744. The molecule has 0 aromatic rings. The van der Waals surface area contributed by atoms with E-state index < -0.39 is 21.5 Å². The number of hydrogen-bond donors (Lipinski definition) is 1. The maximum absolute atomic E-state index is 12.6. The molecule has 0 bridgehead atoms. The number of sulfonamides is 1. The van der Waals surface area contributed by atoms with E-state index in [1.807, 2.05) is 0 Å². The summed E-state index contributed by atoms with van der Waals surface area (Å²) in [5.74, 6) is 0.131. The highest BCUT2D eigenvalue weighted by atomic mass is 32.2. The number of aliphatic hydroxyl groups is 1. The van der Waals surface area contributed by atoms with Gasteiger partial charge in [0.05, 0.1) is 17.8 Å². The number of hydrogen-bond acceptors (Lipinski definition) is 5. The van der Waals surface area contributed by atoms with Crippen LogP contribution in [0.1, 0.15) is 46.5 Å². The molecule has 1 aliphatic carbocycles. The molecule has 1 heterocycles. The van der Waals surface area contributed by atoms with Gasteiger partial charge >= 0.3 is 0 Å². The summed E-state index contributed by atoms with van der Waals surface area (Å²) in [5.41, 5.74) is -0.503. The molecule has 0 aromatic carbocycles. The minimum Gasteiger partial charge on any atom is -0.389 e. The number of carbonyl (C=O) groups excluding carboxylic acids is 1. The van der Waals surface area contributed by atoms with Crippen LogP contribution in [0.5, 0.6) is 0 Å². The Bertz CT molecular complexity index is 649. The zero-order chi connectivity index (χ0) is 21.3. The van der Waals surface area contributed by atoms with E-state index in [2.05, 4.69) is 25.7 Å². The summed E-state index contributed by atoms with van der Waals surface area (Å²) in [5, 5.41) is 11.2. The number of rotatable bonds is 4. The van der Waals surface area contributed by atoms with Crippen LogP contribution in [0, 0.1) is 17.3 Å². The fourth-order valence-corrected chi connectivity index (χ4v) is 5.48. The summed E-state index contributed by atoms with van der Waals surface area (Å²) < 4.78 is 25.6. The van der Waals surface area contributed by atoms with Crippen LogP contribution in [-0.2, 0) is 14.8 Å². The molecular formula is C20H39N3O4S. The summed E-state index contributed by atoms with van der Waals surface area (Å²) in [7, 11) is 0.0328. The van der Waals surface area contributed by atoms with E-state index in [9.17, 15) is 18.3 Å². The van der Waals surface area contributed by atoms with Crippen LogP contribution in [0.15, 0.2) is 0 Å². The van der Waals surface area contributed by atoms with Crippen LogP contribution in [0.2, 0.25) is 0 Å². The maximum Gasteiger partial charge on any atom is 0.227 e. The summed E-state index contributed by atoms with van der Waals surface area (Å²) in [6.45, 7) is 8.85. The molecule has 2 fully saturated rings. The minimum absolute atomic E-state index is 0.0658. The summed E-state index contributed by atoms with van der Waals surface area (Å²) in [4.78, 5) is 16.2. The van der Waals surface area contributed by atoms with Crippen LogP contribution in [-0.4, -0.2) is 92.2 Å². The summed E-state index contributed by atoms with van der Waals surface area (Å²) in [6, 6.07) is 0. The number of β-amino-alcohol motifs (C(OH)–C–C–N with tert-alkyl or cyclic N) is 1. The molecule has 1 saturated heterocycles. The third-order valence-corrected chi connectivity index (χ3v) is 7.76. The Kier molecular flexibility index (Phi) is 7.22. The molecule has 1 atom stereocenters. The van der Waals surface area contributed by atoms with Crippen molar-refractivity contribution in [3.63, 3.8) is 0 Å². The Morgan fingerprint density at radius 1 is 1.14 bits per heavy atom. The van der Waals surface area contributed by atoms with Gasteiger partial charge in [-0.1, -0.05) is 20.8 Å². The lowest BCUT2D eigenvalue weighted by molar-refractivity contribution is -0.134. The van der Waals surface area contributed by atoms with Crippen LogP contribution in [0.4, 0.5) is 0 Å². The first-order valence-electron chi connectivity index (χ1n) is 10.3. The second-order valence-corrected chi connectivity index (χ2v) is 12.1. The van der Waals surface area contributed by atoms with Gasteiger partial charge in [0.2, 0.25) is 15.9 Å². The van der Waals surface area contributed by atoms with Gasteiger partial charge in [0.1, 0.15) is 0 Å². The minimum atomic E-state index is -3.36. The van der Waals surface area contributed by atoms with Crippen LogP contribution in [0.3, 0.4) is 0 Å². The number of nitrogens with zero attached hydrogens (tertiary/aromatic N) is 3. The summed E-state index contributed by atoms with van der Waals surface area (Å²) >= 11 is 0. The van der Waals surface area contributed by atoms with Gasteiger partial charge in [-0.2, -0.15) is 0 Å². The van der Waals surface area contributed by atoms with Crippen molar-refractivity contribution in [2.24, 2.45) is 17.3 Å². The van der Waals surface area contributed by atoms with Gasteiger partial charge in [0.15, 0.2) is 0 Å². The van der Waals surface area contributed by atoms with Crippen LogP contribution < -0.4 is 0 Å². The average Bonchev–Trinajstić information content (AvgIpc) is 2.75. The van der Waals surface area contributed by atoms with E-state index in [-0.39, 0.29) is 17.9 Å². The molecular weight excluding hydrogens is 378 g/mol. The molecule has 164 valence electrons. The molecule has 1 saturated carbocycles. The van der Waals surface area contributed by atoms with Crippen molar-refractivity contribution in [1.29, 1.82) is 0 Å². The van der Waals surface area contributed by atoms with E-state index in [1.165, 1.54) is 15.5 Å². The van der Waals surface area contributed by atoms with E-state index in [1.54, 1.807) is 14.1 Å². The lowest BCUT2D eigenvalue weighted by Gasteiger charge is -2.43. The highest BCUT2D eigenvalue weighted by Crippen LogP contribution is 2.41. The van der Waals surface area contributed by atoms with Crippen molar-refractivity contribution in [1.82, 2.24) is 14.1 Å². The fourth-order valence-electron chi connectivity index (χ4n) is 4.61. The van der Waals surface area contributed by atoms with E-state index >= 15 is 0 Å². The molecule has 0 spiro atoms. The van der Waals surface area contributed by atoms with E-state index in [0.717, 1.165) is 25.7 Å². The van der Waals surface area contributed by atoms with Crippen molar-refractivity contribution in [3.05, 3.63) is 0 Å². The Labute approximate surface area is 171 Å². The molecule has 1 N–H and O–H groups in total. The SMILES string of the molecule is CN(C)C(=O)C1CN(CC2(O)CCC(C(C)(C)C)CC2)CCN(S(C)(=O)=O)C1. The van der Waals surface area contributed by atoms with Gasteiger partial charge in [-0.25, -0.2) is 12.7 Å². The van der Waals surface area contributed by atoms with Gasteiger partial charge in [0, 0.05) is 46.8 Å². The van der Waals surface area contributed by atoms with Gasteiger partial charge in [0.25, 0.3) is 0 Å². The Morgan fingerprint density at radius 2 is 1.71 bits per heavy atom. The molecule has 1 aliphatic heterocycles. The largest absolute Gasteiger partial charge is 0.389 e. The second-order valence-electron chi connectivity index (χ2n) is 10.2. The molecule has 2 aliphatic rings. The average molecular weight is 418 g/mol. The normalized spacial score (nSPS) is 31.4. The van der Waals surface area contributed by atoms with Gasteiger partial charge in [-0.15, -0.1) is 0 Å². The monoisotopic (exact) mass is 417 g/mol. The third kappa shape index (κ3) is 6.15. The molecule has 7 nitrogen and oxygen atoms in total. The molecule has 0 aromatic heterocycles. The first-order chi connectivity index (χ1) is 12.7. The molecule has 2 rings (SSSR count). The molecule has 0 radical (unpaired) electrons. The molecule has 28 heavy (non-hydrogen) atoms. The number of carbonyl (C=O) groups is 1. The lowest BCUT2D eigenvalue weighted by Crippen LogP contribution is -2.49. The van der Waals surface area contributed by atoms with Gasteiger partial charge in [-0.05, 0) is 37.0 Å². The third-order valence-electron chi connectivity index (χ3n) is 6.49. The predicted octanol–water partition coefficient (Wildman–Crippen LogP) is 1.24. The topological polar surface area (TPSA) is 81.2 Å². The van der Waals surface area contributed by atoms with Crippen molar-refractivity contribution in [3.8, 4) is 0 Å². The smallest absolute Gasteiger partial charge is 0.227 e. The fraction of sp³-hybridized carbons (Fsp3) is 0.950. The van der Waals surface area contributed by atoms with Crippen molar-refractivity contribution >= 4 is 15.9 Å². The van der Waals surface area contributed by atoms with E-state index in [0.29, 0.717) is 32.1 Å².